The van der Waals surface area contributed by atoms with Crippen molar-refractivity contribution in [2.45, 2.75) is 6.92 Å². The van der Waals surface area contributed by atoms with Crippen molar-refractivity contribution in [1.82, 2.24) is 5.32 Å². The summed E-state index contributed by atoms with van der Waals surface area (Å²) in [5, 5.41) is 13.5. The minimum Gasteiger partial charge on any atom is -0.489 e. The molecule has 0 aromatic heterocycles. The number of nitrogens with zero attached hydrogens (tertiary/aromatic N) is 2. The number of hydrogen-bond donors (Lipinski definition) is 1. The Morgan fingerprint density at radius 3 is 2.53 bits per heavy atom. The fourth-order valence-corrected chi connectivity index (χ4v) is 3.95. The van der Waals surface area contributed by atoms with Crippen molar-refractivity contribution in [1.29, 1.82) is 0 Å². The molecule has 2 aromatic rings. The summed E-state index contributed by atoms with van der Waals surface area (Å²) in [4.78, 5) is 49.2. The number of aryl methyl sites for hydroxylation is 1. The number of benzene rings is 2. The Bertz CT molecular complexity index is 1150. The minimum atomic E-state index is -0.886. The van der Waals surface area contributed by atoms with E-state index >= 15 is 0 Å². The number of nitrogens with one attached hydrogen (secondary N) is 1. The molecule has 154 valence electrons. The van der Waals surface area contributed by atoms with Crippen LogP contribution in [-0.2, 0) is 9.59 Å². The highest BCUT2D eigenvalue weighted by molar-refractivity contribution is 14.1. The molecule has 2 aromatic carbocycles. The highest BCUT2D eigenvalue weighted by atomic mass is 127. The number of carbonyl (C=O) groups excluding carboxylic acids is 3. The summed E-state index contributed by atoms with van der Waals surface area (Å²) in [6.07, 6.45) is 1.21. The number of hydrogen-bond acceptors (Lipinski definition) is 6. The highest BCUT2D eigenvalue weighted by Gasteiger charge is 2.37. The second kappa shape index (κ2) is 8.52. The smallest absolute Gasteiger partial charge is 0.335 e. The molecule has 0 spiro atoms. The number of anilines is 1. The largest absolute Gasteiger partial charge is 0.489 e. The third kappa shape index (κ3) is 4.07. The van der Waals surface area contributed by atoms with Crippen molar-refractivity contribution < 1.29 is 24.0 Å². The molecular weight excluding hydrogens is 573 g/mol. The van der Waals surface area contributed by atoms with Gasteiger partial charge in [0.2, 0.25) is 5.75 Å². The van der Waals surface area contributed by atoms with Crippen LogP contribution in [0.3, 0.4) is 0 Å². The predicted molar refractivity (Wildman–Crippen MR) is 120 cm³/mol. The molecule has 1 saturated heterocycles. The molecule has 1 fully saturated rings. The van der Waals surface area contributed by atoms with Gasteiger partial charge in [0.05, 0.1) is 21.3 Å². The number of methoxy groups -OCH3 is 1. The average Bonchev–Trinajstić information content (AvgIpc) is 2.67. The first-order valence-corrected chi connectivity index (χ1v) is 10.2. The summed E-state index contributed by atoms with van der Waals surface area (Å²) in [6, 6.07) is 6.71. The Labute approximate surface area is 192 Å². The predicted octanol–water partition coefficient (Wildman–Crippen LogP) is 3.95. The van der Waals surface area contributed by atoms with Crippen LogP contribution in [0.15, 0.2) is 40.4 Å². The molecule has 3 rings (SSSR count). The minimum absolute atomic E-state index is 0.0734. The molecule has 4 amide bonds. The lowest BCUT2D eigenvalue weighted by atomic mass is 10.1. The van der Waals surface area contributed by atoms with Gasteiger partial charge in [-0.2, -0.15) is 0 Å². The molecule has 0 atom stereocenters. The molecule has 9 nitrogen and oxygen atoms in total. The Hall–Kier alpha value is -2.80. The molecule has 30 heavy (non-hydrogen) atoms. The van der Waals surface area contributed by atoms with Gasteiger partial charge < -0.3 is 4.74 Å². The zero-order valence-electron chi connectivity index (χ0n) is 15.6. The SMILES string of the molecule is COc1c(I)cc(/C=C2\C(=O)NC(=O)N(c3ccc(Br)c(C)c3)C2=O)cc1[N+](=O)[O-]. The third-order valence-corrected chi connectivity index (χ3v) is 5.95. The van der Waals surface area contributed by atoms with E-state index in [1.807, 2.05) is 22.6 Å². The molecule has 1 heterocycles. The van der Waals surface area contributed by atoms with Gasteiger partial charge in [-0.05, 0) is 71.0 Å². The molecular formula is C19H13BrIN3O6. The topological polar surface area (TPSA) is 119 Å². The molecule has 0 bridgehead atoms. The van der Waals surface area contributed by atoms with Crippen LogP contribution in [-0.4, -0.2) is 29.9 Å². The van der Waals surface area contributed by atoms with E-state index in [-0.39, 0.29) is 28.3 Å². The molecule has 1 aliphatic rings. The van der Waals surface area contributed by atoms with Crippen LogP contribution in [0.5, 0.6) is 5.75 Å². The van der Waals surface area contributed by atoms with E-state index in [4.69, 9.17) is 4.74 Å². The van der Waals surface area contributed by atoms with Gasteiger partial charge in [0.15, 0.2) is 0 Å². The van der Waals surface area contributed by atoms with Gasteiger partial charge in [-0.25, -0.2) is 9.69 Å². The van der Waals surface area contributed by atoms with E-state index in [0.717, 1.165) is 14.9 Å². The van der Waals surface area contributed by atoms with Gasteiger partial charge in [0.1, 0.15) is 5.57 Å². The van der Waals surface area contributed by atoms with Crippen LogP contribution in [0.4, 0.5) is 16.2 Å². The van der Waals surface area contributed by atoms with Crippen molar-refractivity contribution in [2.24, 2.45) is 0 Å². The van der Waals surface area contributed by atoms with E-state index in [1.54, 1.807) is 25.1 Å². The van der Waals surface area contributed by atoms with Gasteiger partial charge in [-0.3, -0.25) is 25.0 Å². The molecule has 0 saturated carbocycles. The fourth-order valence-electron chi connectivity index (χ4n) is 2.85. The fraction of sp³-hybridized carbons (Fsp3) is 0.105. The molecule has 11 heteroatoms. The first-order valence-electron chi connectivity index (χ1n) is 8.33. The second-order valence-corrected chi connectivity index (χ2v) is 8.22. The number of halogens is 2. The van der Waals surface area contributed by atoms with Crippen molar-refractivity contribution in [3.8, 4) is 5.75 Å². The maximum atomic E-state index is 13.0. The van der Waals surface area contributed by atoms with Crippen molar-refractivity contribution >= 4 is 73.8 Å². The van der Waals surface area contributed by atoms with E-state index in [0.29, 0.717) is 3.57 Å². The number of nitro benzene ring substituents is 1. The van der Waals surface area contributed by atoms with Crippen LogP contribution in [0.25, 0.3) is 6.08 Å². The lowest BCUT2D eigenvalue weighted by Crippen LogP contribution is -2.54. The van der Waals surface area contributed by atoms with Crippen molar-refractivity contribution in [3.05, 3.63) is 65.2 Å². The van der Waals surface area contributed by atoms with Gasteiger partial charge in [0.25, 0.3) is 11.8 Å². The zero-order chi connectivity index (χ0) is 22.2. The number of barbiturate groups is 1. The molecule has 1 N–H and O–H groups in total. The summed E-state index contributed by atoms with van der Waals surface area (Å²) in [7, 11) is 1.31. The number of nitro groups is 1. The molecule has 0 radical (unpaired) electrons. The first kappa shape index (κ1) is 21.9. The van der Waals surface area contributed by atoms with Crippen LogP contribution in [0.2, 0.25) is 0 Å². The van der Waals surface area contributed by atoms with Gasteiger partial charge >= 0.3 is 11.7 Å². The Balaban J connectivity index is 2.09. The quantitative estimate of drug-likeness (QED) is 0.191. The maximum Gasteiger partial charge on any atom is 0.335 e. The van der Waals surface area contributed by atoms with E-state index in [2.05, 4.69) is 21.2 Å². The standard InChI is InChI=1S/C19H13BrIN3O6/c1-9-5-11(3-4-13(9)20)23-18(26)12(17(25)22-19(23)27)6-10-7-14(21)16(30-2)15(8-10)24(28)29/h3-8H,1-2H3,(H,22,25,27)/b12-6+. The molecule has 0 unspecified atom stereocenters. The van der Waals surface area contributed by atoms with Crippen LogP contribution >= 0.6 is 38.5 Å². The van der Waals surface area contributed by atoms with Crippen molar-refractivity contribution in [2.75, 3.05) is 12.0 Å². The normalized spacial score (nSPS) is 15.4. The first-order chi connectivity index (χ1) is 14.1. The second-order valence-electron chi connectivity index (χ2n) is 6.20. The average molecular weight is 586 g/mol. The maximum absolute atomic E-state index is 13.0. The lowest BCUT2D eigenvalue weighted by molar-refractivity contribution is -0.385. The zero-order valence-corrected chi connectivity index (χ0v) is 19.3. The monoisotopic (exact) mass is 585 g/mol. The Morgan fingerprint density at radius 2 is 1.93 bits per heavy atom. The van der Waals surface area contributed by atoms with E-state index < -0.39 is 22.8 Å². The Morgan fingerprint density at radius 1 is 1.23 bits per heavy atom. The Kier molecular flexibility index (Phi) is 6.22. The van der Waals surface area contributed by atoms with E-state index in [9.17, 15) is 24.5 Å². The summed E-state index contributed by atoms with van der Waals surface area (Å²) in [6.45, 7) is 1.79. The number of urea groups is 1. The molecule has 1 aliphatic heterocycles. The number of imide groups is 2. The van der Waals surface area contributed by atoms with Crippen molar-refractivity contribution in [3.63, 3.8) is 0 Å². The molecule has 0 aliphatic carbocycles. The van der Waals surface area contributed by atoms with Crippen LogP contribution in [0.1, 0.15) is 11.1 Å². The van der Waals surface area contributed by atoms with E-state index in [1.165, 1.54) is 25.3 Å². The van der Waals surface area contributed by atoms with Gasteiger partial charge in [-0.1, -0.05) is 15.9 Å². The van der Waals surface area contributed by atoms with Crippen LogP contribution in [0, 0.1) is 20.6 Å². The van der Waals surface area contributed by atoms with Gasteiger partial charge in [0, 0.05) is 10.5 Å². The summed E-state index contributed by atoms with van der Waals surface area (Å²) >= 11 is 5.21. The number of ether oxygens (including phenoxy) is 1. The summed E-state index contributed by atoms with van der Waals surface area (Å²) < 4.78 is 6.28. The summed E-state index contributed by atoms with van der Waals surface area (Å²) in [5.41, 5.74) is 0.677. The third-order valence-electron chi connectivity index (χ3n) is 4.26. The van der Waals surface area contributed by atoms with Gasteiger partial charge in [-0.15, -0.1) is 0 Å². The number of carbonyl (C=O) groups is 3. The lowest BCUT2D eigenvalue weighted by Gasteiger charge is -2.26. The van der Waals surface area contributed by atoms with Crippen LogP contribution < -0.4 is 15.0 Å². The number of amides is 4. The highest BCUT2D eigenvalue weighted by Crippen LogP contribution is 2.34. The number of rotatable bonds is 4. The summed E-state index contributed by atoms with van der Waals surface area (Å²) in [5.74, 6) is -1.65.